The van der Waals surface area contributed by atoms with E-state index in [1.54, 1.807) is 13.8 Å². The largest absolute Gasteiger partial charge is 0.388 e. The van der Waals surface area contributed by atoms with Crippen molar-refractivity contribution in [3.8, 4) is 0 Å². The fraction of sp³-hybridized carbons (Fsp3) is 0.909. The van der Waals surface area contributed by atoms with Gasteiger partial charge in [0.05, 0.1) is 11.1 Å². The van der Waals surface area contributed by atoms with Crippen LogP contribution < -0.4 is 5.32 Å². The van der Waals surface area contributed by atoms with Gasteiger partial charge in [0, 0.05) is 11.8 Å². The van der Waals surface area contributed by atoms with E-state index in [2.05, 4.69) is 21.2 Å². The summed E-state index contributed by atoms with van der Waals surface area (Å²) >= 11 is 3.32. The zero-order valence-electron chi connectivity index (χ0n) is 10.1. The molecule has 0 spiro atoms. The van der Waals surface area contributed by atoms with Gasteiger partial charge in [-0.15, -0.1) is 0 Å². The van der Waals surface area contributed by atoms with Crippen molar-refractivity contribution in [1.29, 1.82) is 0 Å². The highest BCUT2D eigenvalue weighted by Crippen LogP contribution is 2.20. The third-order valence-electron chi connectivity index (χ3n) is 2.77. The number of carbonyl (C=O) groups excluding carboxylic acids is 1. The second kappa shape index (κ2) is 5.85. The first-order chi connectivity index (χ1) is 6.70. The molecular formula is C11H22BrNO2. The molecule has 1 amide bonds. The lowest BCUT2D eigenvalue weighted by atomic mass is 9.86. The highest BCUT2D eigenvalue weighted by molar-refractivity contribution is 9.09. The minimum Gasteiger partial charge on any atom is -0.388 e. The van der Waals surface area contributed by atoms with Gasteiger partial charge in [0.25, 0.3) is 0 Å². The average molecular weight is 280 g/mol. The highest BCUT2D eigenvalue weighted by Gasteiger charge is 2.35. The molecule has 0 heterocycles. The number of alkyl halides is 1. The Morgan fingerprint density at radius 2 is 1.80 bits per heavy atom. The van der Waals surface area contributed by atoms with Crippen LogP contribution in [0.3, 0.4) is 0 Å². The Kier molecular flexibility index (Phi) is 5.81. The van der Waals surface area contributed by atoms with E-state index < -0.39 is 11.1 Å². The lowest BCUT2D eigenvalue weighted by Gasteiger charge is -2.38. The van der Waals surface area contributed by atoms with Crippen molar-refractivity contribution in [2.24, 2.45) is 0 Å². The molecule has 0 saturated heterocycles. The Hall–Kier alpha value is -0.0900. The number of hydrogen-bond acceptors (Lipinski definition) is 2. The minimum atomic E-state index is -0.919. The molecule has 2 N–H and O–H groups in total. The molecule has 0 aliphatic rings. The second-order valence-electron chi connectivity index (χ2n) is 4.88. The van der Waals surface area contributed by atoms with Crippen molar-refractivity contribution in [2.45, 2.75) is 58.1 Å². The zero-order chi connectivity index (χ0) is 12.1. The van der Waals surface area contributed by atoms with Crippen LogP contribution in [0.4, 0.5) is 0 Å². The summed E-state index contributed by atoms with van der Waals surface area (Å²) < 4.78 is 0. The van der Waals surface area contributed by atoms with Gasteiger partial charge < -0.3 is 10.4 Å². The normalized spacial score (nSPS) is 12.7. The van der Waals surface area contributed by atoms with E-state index in [4.69, 9.17) is 0 Å². The summed E-state index contributed by atoms with van der Waals surface area (Å²) in [4.78, 5) is 11.5. The van der Waals surface area contributed by atoms with Crippen molar-refractivity contribution < 1.29 is 9.90 Å². The van der Waals surface area contributed by atoms with Crippen LogP contribution in [0.1, 0.15) is 47.0 Å². The Balaban J connectivity index is 4.06. The number of halogens is 1. The molecule has 0 aromatic carbocycles. The Bertz CT molecular complexity index is 209. The first-order valence-corrected chi connectivity index (χ1v) is 6.42. The minimum absolute atomic E-state index is 0.00285. The number of unbranched alkanes of at least 4 members (excludes halogenated alkanes) is 1. The van der Waals surface area contributed by atoms with E-state index in [0.717, 1.165) is 18.2 Å². The standard InChI is InChI=1S/C11H22BrNO2/c1-10(2,11(3,4)15)13-9(14)7-5-6-8-12/h15H,5-8H2,1-4H3,(H,13,14). The van der Waals surface area contributed by atoms with Crippen molar-refractivity contribution in [3.63, 3.8) is 0 Å². The zero-order valence-corrected chi connectivity index (χ0v) is 11.6. The number of hydrogen-bond donors (Lipinski definition) is 2. The van der Waals surface area contributed by atoms with Gasteiger partial charge in [0.2, 0.25) is 5.91 Å². The summed E-state index contributed by atoms with van der Waals surface area (Å²) in [6.45, 7) is 7.06. The SMILES string of the molecule is CC(C)(O)C(C)(C)NC(=O)CCCCBr. The van der Waals surface area contributed by atoms with Gasteiger partial charge in [-0.05, 0) is 40.5 Å². The number of nitrogens with one attached hydrogen (secondary N) is 1. The third-order valence-corrected chi connectivity index (χ3v) is 3.33. The molecule has 3 nitrogen and oxygen atoms in total. The summed E-state index contributed by atoms with van der Waals surface area (Å²) in [7, 11) is 0. The van der Waals surface area contributed by atoms with E-state index in [0.29, 0.717) is 6.42 Å². The number of aliphatic hydroxyl groups is 1. The van der Waals surface area contributed by atoms with Crippen molar-refractivity contribution >= 4 is 21.8 Å². The molecule has 0 fully saturated rings. The van der Waals surface area contributed by atoms with Gasteiger partial charge in [-0.2, -0.15) is 0 Å². The topological polar surface area (TPSA) is 49.3 Å². The van der Waals surface area contributed by atoms with E-state index >= 15 is 0 Å². The summed E-state index contributed by atoms with van der Waals surface area (Å²) in [5.41, 5.74) is -1.52. The molecule has 0 saturated carbocycles. The quantitative estimate of drug-likeness (QED) is 0.579. The molecule has 0 unspecified atom stereocenters. The molecule has 0 aromatic heterocycles. The molecule has 0 radical (unpaired) electrons. The van der Waals surface area contributed by atoms with Gasteiger partial charge in [0.1, 0.15) is 0 Å². The maximum atomic E-state index is 11.5. The predicted octanol–water partition coefficient (Wildman–Crippen LogP) is 2.22. The lowest BCUT2D eigenvalue weighted by molar-refractivity contribution is -0.126. The van der Waals surface area contributed by atoms with Gasteiger partial charge >= 0.3 is 0 Å². The van der Waals surface area contributed by atoms with Crippen molar-refractivity contribution in [2.75, 3.05) is 5.33 Å². The van der Waals surface area contributed by atoms with E-state index in [1.165, 1.54) is 0 Å². The Labute approximate surface area is 101 Å². The molecule has 0 rings (SSSR count). The molecule has 0 aliphatic heterocycles. The number of rotatable bonds is 6. The van der Waals surface area contributed by atoms with Crippen LogP contribution in [-0.2, 0) is 4.79 Å². The molecule has 0 atom stereocenters. The van der Waals surface area contributed by atoms with E-state index in [-0.39, 0.29) is 5.91 Å². The van der Waals surface area contributed by atoms with E-state index in [1.807, 2.05) is 13.8 Å². The smallest absolute Gasteiger partial charge is 0.220 e. The summed E-state index contributed by atoms with van der Waals surface area (Å²) in [5, 5.41) is 13.6. The fourth-order valence-corrected chi connectivity index (χ4v) is 1.34. The third kappa shape index (κ3) is 5.52. The van der Waals surface area contributed by atoms with Crippen molar-refractivity contribution in [3.05, 3.63) is 0 Å². The molecular weight excluding hydrogens is 258 g/mol. The van der Waals surface area contributed by atoms with E-state index in [9.17, 15) is 9.90 Å². The van der Waals surface area contributed by atoms with Gasteiger partial charge in [-0.1, -0.05) is 15.9 Å². The molecule has 0 aliphatic carbocycles. The number of carbonyl (C=O) groups is 1. The molecule has 15 heavy (non-hydrogen) atoms. The Morgan fingerprint density at radius 3 is 2.20 bits per heavy atom. The van der Waals surface area contributed by atoms with Crippen molar-refractivity contribution in [1.82, 2.24) is 5.32 Å². The van der Waals surface area contributed by atoms with Crippen LogP contribution in [0, 0.1) is 0 Å². The maximum absolute atomic E-state index is 11.5. The van der Waals surface area contributed by atoms with Crippen LogP contribution in [-0.4, -0.2) is 27.5 Å². The second-order valence-corrected chi connectivity index (χ2v) is 5.67. The highest BCUT2D eigenvalue weighted by atomic mass is 79.9. The Morgan fingerprint density at radius 1 is 1.27 bits per heavy atom. The number of amides is 1. The lowest BCUT2D eigenvalue weighted by Crippen LogP contribution is -2.57. The van der Waals surface area contributed by atoms with Crippen LogP contribution in [0.2, 0.25) is 0 Å². The van der Waals surface area contributed by atoms with Gasteiger partial charge in [-0.3, -0.25) is 4.79 Å². The summed E-state index contributed by atoms with van der Waals surface area (Å²) in [6, 6.07) is 0. The van der Waals surface area contributed by atoms with Crippen LogP contribution in [0.15, 0.2) is 0 Å². The summed E-state index contributed by atoms with van der Waals surface area (Å²) in [6.07, 6.45) is 2.39. The molecule has 90 valence electrons. The molecule has 0 aromatic rings. The van der Waals surface area contributed by atoms with Crippen LogP contribution in [0.25, 0.3) is 0 Å². The average Bonchev–Trinajstić information content (AvgIpc) is 2.01. The van der Waals surface area contributed by atoms with Crippen LogP contribution in [0.5, 0.6) is 0 Å². The van der Waals surface area contributed by atoms with Gasteiger partial charge in [0.15, 0.2) is 0 Å². The van der Waals surface area contributed by atoms with Crippen LogP contribution >= 0.6 is 15.9 Å². The predicted molar refractivity (Wildman–Crippen MR) is 66.2 cm³/mol. The first-order valence-electron chi connectivity index (χ1n) is 5.30. The van der Waals surface area contributed by atoms with Gasteiger partial charge in [-0.25, -0.2) is 0 Å². The summed E-state index contributed by atoms with van der Waals surface area (Å²) in [5.74, 6) is 0.00285. The monoisotopic (exact) mass is 279 g/mol. The molecule has 4 heteroatoms. The fourth-order valence-electron chi connectivity index (χ4n) is 0.944. The molecule has 0 bridgehead atoms. The maximum Gasteiger partial charge on any atom is 0.220 e. The first kappa shape index (κ1) is 14.9.